The molecule has 0 saturated carbocycles. The first-order valence-electron chi connectivity index (χ1n) is 7.56. The first-order chi connectivity index (χ1) is 13.0. The molecule has 148 valence electrons. The fourth-order valence-corrected chi connectivity index (χ4v) is 2.26. The van der Waals surface area contributed by atoms with Crippen molar-refractivity contribution < 1.29 is 32.5 Å². The van der Waals surface area contributed by atoms with Crippen LogP contribution in [0, 0.1) is 20.2 Å². The predicted molar refractivity (Wildman–Crippen MR) is 88.8 cm³/mol. The lowest BCUT2D eigenvalue weighted by molar-refractivity contribution is -0.394. The topological polar surface area (TPSA) is 125 Å². The number of nitro benzene ring substituents is 2. The van der Waals surface area contributed by atoms with Gasteiger partial charge in [0.25, 0.3) is 17.3 Å². The molecule has 0 aliphatic heterocycles. The number of amides is 1. The highest BCUT2D eigenvalue weighted by atomic mass is 19.4. The Balaban J connectivity index is 2.18. The summed E-state index contributed by atoms with van der Waals surface area (Å²) in [5.74, 6) is -1.26. The van der Waals surface area contributed by atoms with Crippen molar-refractivity contribution in [3.05, 3.63) is 73.8 Å². The van der Waals surface area contributed by atoms with Gasteiger partial charge in [-0.3, -0.25) is 25.0 Å². The van der Waals surface area contributed by atoms with Crippen LogP contribution in [-0.4, -0.2) is 22.1 Å². The summed E-state index contributed by atoms with van der Waals surface area (Å²) in [6.07, 6.45) is -4.84. The number of benzene rings is 2. The highest BCUT2D eigenvalue weighted by Gasteiger charge is 2.31. The van der Waals surface area contributed by atoms with Crippen molar-refractivity contribution in [3.63, 3.8) is 0 Å². The minimum atomic E-state index is -4.84. The van der Waals surface area contributed by atoms with E-state index < -0.39 is 45.3 Å². The first-order valence-corrected chi connectivity index (χ1v) is 7.56. The van der Waals surface area contributed by atoms with Crippen LogP contribution >= 0.6 is 0 Å². The van der Waals surface area contributed by atoms with Gasteiger partial charge in [-0.2, -0.15) is 0 Å². The molecule has 0 spiro atoms. The highest BCUT2D eigenvalue weighted by molar-refractivity contribution is 5.95. The van der Waals surface area contributed by atoms with Crippen molar-refractivity contribution in [2.45, 2.75) is 19.3 Å². The molecule has 9 nitrogen and oxygen atoms in total. The van der Waals surface area contributed by atoms with Gasteiger partial charge in [0.05, 0.1) is 27.5 Å². The smallest absolute Gasteiger partial charge is 0.406 e. The van der Waals surface area contributed by atoms with Crippen molar-refractivity contribution in [2.24, 2.45) is 0 Å². The van der Waals surface area contributed by atoms with Crippen LogP contribution in [0.5, 0.6) is 5.75 Å². The fourth-order valence-electron chi connectivity index (χ4n) is 2.26. The maximum Gasteiger partial charge on any atom is 0.573 e. The number of ether oxygens (including phenoxy) is 1. The van der Waals surface area contributed by atoms with E-state index in [4.69, 9.17) is 0 Å². The lowest BCUT2D eigenvalue weighted by Gasteiger charge is -2.15. The quantitative estimate of drug-likeness (QED) is 0.580. The molecule has 1 unspecified atom stereocenters. The number of hydrogen-bond acceptors (Lipinski definition) is 6. The normalized spacial score (nSPS) is 12.1. The second-order valence-corrected chi connectivity index (χ2v) is 5.56. The molecule has 2 rings (SSSR count). The molecule has 28 heavy (non-hydrogen) atoms. The molecule has 0 aliphatic rings. The van der Waals surface area contributed by atoms with Crippen LogP contribution in [0.25, 0.3) is 0 Å². The average molecular weight is 399 g/mol. The number of rotatable bonds is 6. The Morgan fingerprint density at radius 1 is 1.04 bits per heavy atom. The van der Waals surface area contributed by atoms with Crippen LogP contribution < -0.4 is 10.1 Å². The standard InChI is InChI=1S/C16H12F3N3O6/c1-9(10-2-4-14(5-3-10)28-16(17,18)19)20-15(23)11-6-12(21(24)25)8-13(7-11)22(26)27/h2-9H,1H3,(H,20,23). The Bertz CT molecular complexity index is 883. The van der Waals surface area contributed by atoms with Crippen molar-refractivity contribution in [2.75, 3.05) is 0 Å². The number of halogens is 3. The number of nitrogens with one attached hydrogen (secondary N) is 1. The van der Waals surface area contributed by atoms with Gasteiger partial charge >= 0.3 is 6.36 Å². The Morgan fingerprint density at radius 2 is 1.54 bits per heavy atom. The summed E-state index contributed by atoms with van der Waals surface area (Å²) in [5.41, 5.74) is -1.13. The average Bonchev–Trinajstić information content (AvgIpc) is 2.60. The summed E-state index contributed by atoms with van der Waals surface area (Å²) >= 11 is 0. The largest absolute Gasteiger partial charge is 0.573 e. The third kappa shape index (κ3) is 5.40. The highest BCUT2D eigenvalue weighted by Crippen LogP contribution is 2.26. The van der Waals surface area contributed by atoms with Gasteiger partial charge in [-0.15, -0.1) is 13.2 Å². The van der Waals surface area contributed by atoms with Gasteiger partial charge in [0, 0.05) is 12.1 Å². The van der Waals surface area contributed by atoms with Gasteiger partial charge in [0.15, 0.2) is 0 Å². The Labute approximate surface area is 155 Å². The molecular weight excluding hydrogens is 387 g/mol. The van der Waals surface area contributed by atoms with Crippen LogP contribution in [0.2, 0.25) is 0 Å². The van der Waals surface area contributed by atoms with Gasteiger partial charge in [-0.25, -0.2) is 0 Å². The van der Waals surface area contributed by atoms with Crippen LogP contribution in [0.15, 0.2) is 42.5 Å². The molecule has 1 atom stereocenters. The van der Waals surface area contributed by atoms with Gasteiger partial charge in [0.2, 0.25) is 0 Å². The molecular formula is C16H12F3N3O6. The van der Waals surface area contributed by atoms with Crippen molar-refractivity contribution in [1.82, 2.24) is 5.32 Å². The zero-order chi connectivity index (χ0) is 21.1. The van der Waals surface area contributed by atoms with Gasteiger partial charge < -0.3 is 10.1 Å². The SMILES string of the molecule is CC(NC(=O)c1cc([N+](=O)[O-])cc([N+](=O)[O-])c1)c1ccc(OC(F)(F)F)cc1. The van der Waals surface area contributed by atoms with Gasteiger partial charge in [0.1, 0.15) is 5.75 Å². The van der Waals surface area contributed by atoms with E-state index in [1.165, 1.54) is 19.1 Å². The number of carbonyl (C=O) groups excluding carboxylic acids is 1. The maximum atomic E-state index is 12.3. The summed E-state index contributed by atoms with van der Waals surface area (Å²) in [7, 11) is 0. The van der Waals surface area contributed by atoms with Crippen molar-refractivity contribution >= 4 is 17.3 Å². The Kier molecular flexibility index (Phi) is 5.81. The first kappa shape index (κ1) is 20.6. The van der Waals surface area contributed by atoms with E-state index >= 15 is 0 Å². The predicted octanol–water partition coefficient (Wildman–Crippen LogP) is 3.89. The van der Waals surface area contributed by atoms with Crippen LogP contribution in [0.1, 0.15) is 28.9 Å². The molecule has 12 heteroatoms. The van der Waals surface area contributed by atoms with E-state index in [1.54, 1.807) is 0 Å². The molecule has 0 radical (unpaired) electrons. The van der Waals surface area contributed by atoms with E-state index in [-0.39, 0.29) is 5.56 Å². The minimum Gasteiger partial charge on any atom is -0.406 e. The van der Waals surface area contributed by atoms with E-state index in [1.807, 2.05) is 0 Å². The summed E-state index contributed by atoms with van der Waals surface area (Å²) in [4.78, 5) is 32.3. The molecule has 1 amide bonds. The summed E-state index contributed by atoms with van der Waals surface area (Å²) in [6, 6.07) is 6.49. The fraction of sp³-hybridized carbons (Fsp3) is 0.188. The molecule has 0 saturated heterocycles. The zero-order valence-electron chi connectivity index (χ0n) is 14.1. The van der Waals surface area contributed by atoms with Crippen LogP contribution in [0.4, 0.5) is 24.5 Å². The van der Waals surface area contributed by atoms with Crippen LogP contribution in [-0.2, 0) is 0 Å². The van der Waals surface area contributed by atoms with E-state index in [0.717, 1.165) is 30.3 Å². The molecule has 2 aromatic carbocycles. The van der Waals surface area contributed by atoms with E-state index in [9.17, 15) is 38.2 Å². The number of nitro groups is 2. The zero-order valence-corrected chi connectivity index (χ0v) is 14.1. The third-order valence-electron chi connectivity index (χ3n) is 3.55. The number of hydrogen-bond donors (Lipinski definition) is 1. The summed E-state index contributed by atoms with van der Waals surface area (Å²) in [5, 5.41) is 24.2. The molecule has 1 N–H and O–H groups in total. The van der Waals surface area contributed by atoms with E-state index in [2.05, 4.69) is 10.1 Å². The number of non-ortho nitro benzene ring substituents is 2. The van der Waals surface area contributed by atoms with Crippen molar-refractivity contribution in [3.8, 4) is 5.75 Å². The van der Waals surface area contributed by atoms with Gasteiger partial charge in [-0.1, -0.05) is 12.1 Å². The third-order valence-corrected chi connectivity index (χ3v) is 3.55. The number of alkyl halides is 3. The molecule has 0 aliphatic carbocycles. The van der Waals surface area contributed by atoms with Crippen molar-refractivity contribution in [1.29, 1.82) is 0 Å². The summed E-state index contributed by atoms with van der Waals surface area (Å²) in [6.45, 7) is 1.52. The molecule has 2 aromatic rings. The molecule has 0 bridgehead atoms. The second kappa shape index (κ2) is 7.90. The molecule has 0 heterocycles. The molecule has 0 fully saturated rings. The van der Waals surface area contributed by atoms with E-state index in [0.29, 0.717) is 5.56 Å². The molecule has 0 aromatic heterocycles. The monoisotopic (exact) mass is 399 g/mol. The second-order valence-electron chi connectivity index (χ2n) is 5.56. The van der Waals surface area contributed by atoms with Crippen LogP contribution in [0.3, 0.4) is 0 Å². The number of nitrogens with zero attached hydrogens (tertiary/aromatic N) is 2. The lowest BCUT2D eigenvalue weighted by Crippen LogP contribution is -2.26. The Morgan fingerprint density at radius 3 is 1.96 bits per heavy atom. The summed E-state index contributed by atoms with van der Waals surface area (Å²) < 4.78 is 40.2. The van der Waals surface area contributed by atoms with Gasteiger partial charge in [-0.05, 0) is 24.6 Å². The Hall–Kier alpha value is -3.70. The maximum absolute atomic E-state index is 12.3. The lowest BCUT2D eigenvalue weighted by atomic mass is 10.1. The minimum absolute atomic E-state index is 0.301. The number of carbonyl (C=O) groups is 1.